The number of aryl methyl sites for hydroxylation is 1. The summed E-state index contributed by atoms with van der Waals surface area (Å²) in [5.74, 6) is -0.397. The molecule has 0 aliphatic rings. The van der Waals surface area contributed by atoms with Crippen LogP contribution in [0.25, 0.3) is 11.4 Å². The number of rotatable bonds is 6. The van der Waals surface area contributed by atoms with Gasteiger partial charge in [-0.1, -0.05) is 0 Å². The largest absolute Gasteiger partial charge is 0.349 e. The van der Waals surface area contributed by atoms with Gasteiger partial charge in [-0.15, -0.1) is 12.4 Å². The smallest absolute Gasteiger partial charge is 0.254 e. The van der Waals surface area contributed by atoms with Crippen molar-refractivity contribution in [3.63, 3.8) is 0 Å². The van der Waals surface area contributed by atoms with Crippen molar-refractivity contribution < 1.29 is 13.6 Å². The van der Waals surface area contributed by atoms with Gasteiger partial charge in [0.05, 0.1) is 5.56 Å². The lowest BCUT2D eigenvalue weighted by Gasteiger charge is -2.10. The monoisotopic (exact) mass is 405 g/mol. The molecule has 3 aromatic rings. The summed E-state index contributed by atoms with van der Waals surface area (Å²) >= 11 is 0. The minimum atomic E-state index is -0.713. The molecule has 0 saturated heterocycles. The predicted octanol–water partition coefficient (Wildman–Crippen LogP) is 3.85. The van der Waals surface area contributed by atoms with E-state index in [1.807, 2.05) is 13.0 Å². The maximum absolute atomic E-state index is 14.2. The molecule has 146 valence electrons. The van der Waals surface area contributed by atoms with E-state index in [2.05, 4.69) is 25.6 Å². The zero-order valence-corrected chi connectivity index (χ0v) is 15.8. The molecule has 0 atom stereocenters. The first-order valence-corrected chi connectivity index (χ1v) is 8.23. The normalized spacial score (nSPS) is 10.1. The van der Waals surface area contributed by atoms with Gasteiger partial charge < -0.3 is 10.6 Å². The van der Waals surface area contributed by atoms with E-state index in [0.29, 0.717) is 17.3 Å². The van der Waals surface area contributed by atoms with E-state index < -0.39 is 18.4 Å². The van der Waals surface area contributed by atoms with Crippen molar-refractivity contribution in [3.05, 3.63) is 65.9 Å². The van der Waals surface area contributed by atoms with Crippen LogP contribution < -0.4 is 10.6 Å². The third-order valence-electron chi connectivity index (χ3n) is 3.64. The fourth-order valence-corrected chi connectivity index (χ4v) is 2.44. The number of hydrogen-bond acceptors (Lipinski definition) is 5. The van der Waals surface area contributed by atoms with Gasteiger partial charge in [-0.3, -0.25) is 9.78 Å². The van der Waals surface area contributed by atoms with Crippen LogP contribution in [0.3, 0.4) is 0 Å². The number of halogens is 3. The van der Waals surface area contributed by atoms with Crippen LogP contribution in [0.2, 0.25) is 0 Å². The van der Waals surface area contributed by atoms with E-state index in [9.17, 15) is 13.6 Å². The molecule has 0 bridgehead atoms. The van der Waals surface area contributed by atoms with Gasteiger partial charge in [0.15, 0.2) is 5.82 Å². The number of anilines is 2. The predicted molar refractivity (Wildman–Crippen MR) is 105 cm³/mol. The molecule has 0 aliphatic heterocycles. The van der Waals surface area contributed by atoms with Crippen LogP contribution in [0.4, 0.5) is 20.3 Å². The van der Waals surface area contributed by atoms with Gasteiger partial charge in [-0.2, -0.15) is 0 Å². The molecule has 0 aliphatic carbocycles. The number of carbonyl (C=O) groups is 1. The molecule has 28 heavy (non-hydrogen) atoms. The van der Waals surface area contributed by atoms with Gasteiger partial charge in [0.1, 0.15) is 18.3 Å². The standard InChI is InChI=1S/C19H17F2N5O.ClH/c1-12-9-17(26-18(24-12)13-3-2-7-22-11-13)25-14-4-5-15(16(21)10-14)19(27)23-8-6-20;/h2-5,7,9-11H,6,8H2,1H3,(H,23,27)(H,24,25,26);1H. The number of alkyl halides is 1. The lowest BCUT2D eigenvalue weighted by molar-refractivity contribution is 0.0947. The SMILES string of the molecule is Cc1cc(Nc2ccc(C(=O)NCCF)c(F)c2)nc(-c2cccnc2)n1.Cl. The second-order valence-corrected chi connectivity index (χ2v) is 5.72. The number of pyridine rings is 1. The average molecular weight is 406 g/mol. The maximum atomic E-state index is 14.2. The Balaban J connectivity index is 0.00000280. The highest BCUT2D eigenvalue weighted by Gasteiger charge is 2.12. The van der Waals surface area contributed by atoms with Gasteiger partial charge in [0, 0.05) is 41.9 Å². The molecule has 0 unspecified atom stereocenters. The molecule has 9 heteroatoms. The minimum Gasteiger partial charge on any atom is -0.349 e. The van der Waals surface area contributed by atoms with Crippen molar-refractivity contribution in [1.82, 2.24) is 20.3 Å². The maximum Gasteiger partial charge on any atom is 0.254 e. The number of hydrogen-bond donors (Lipinski definition) is 2. The number of benzene rings is 1. The first-order valence-electron chi connectivity index (χ1n) is 8.23. The van der Waals surface area contributed by atoms with E-state index in [0.717, 1.165) is 11.3 Å². The number of nitrogens with zero attached hydrogens (tertiary/aromatic N) is 3. The Kier molecular flexibility index (Phi) is 7.34. The number of aromatic nitrogens is 3. The van der Waals surface area contributed by atoms with Crippen LogP contribution in [-0.4, -0.2) is 34.1 Å². The third-order valence-corrected chi connectivity index (χ3v) is 3.64. The highest BCUT2D eigenvalue weighted by atomic mass is 35.5. The molecule has 1 amide bonds. The molecule has 6 nitrogen and oxygen atoms in total. The van der Waals surface area contributed by atoms with Gasteiger partial charge >= 0.3 is 0 Å². The molecule has 0 spiro atoms. The second-order valence-electron chi connectivity index (χ2n) is 5.72. The van der Waals surface area contributed by atoms with Crippen molar-refractivity contribution >= 4 is 29.8 Å². The summed E-state index contributed by atoms with van der Waals surface area (Å²) < 4.78 is 26.3. The molecule has 0 fully saturated rings. The van der Waals surface area contributed by atoms with E-state index in [1.54, 1.807) is 30.6 Å². The van der Waals surface area contributed by atoms with Crippen LogP contribution in [-0.2, 0) is 0 Å². The Morgan fingerprint density at radius 2 is 2.00 bits per heavy atom. The molecule has 2 heterocycles. The molecule has 0 radical (unpaired) electrons. The minimum absolute atomic E-state index is 0. The van der Waals surface area contributed by atoms with Crippen LogP contribution in [0, 0.1) is 12.7 Å². The van der Waals surface area contributed by atoms with E-state index in [1.165, 1.54) is 12.1 Å². The fraction of sp³-hybridized carbons (Fsp3) is 0.158. The Labute approximate surface area is 166 Å². The van der Waals surface area contributed by atoms with Crippen molar-refractivity contribution in [3.8, 4) is 11.4 Å². The van der Waals surface area contributed by atoms with Gasteiger partial charge in [-0.05, 0) is 37.3 Å². The van der Waals surface area contributed by atoms with Crippen molar-refractivity contribution in [2.45, 2.75) is 6.92 Å². The van der Waals surface area contributed by atoms with Crippen LogP contribution in [0.1, 0.15) is 16.1 Å². The van der Waals surface area contributed by atoms with Gasteiger partial charge in [0.25, 0.3) is 5.91 Å². The molecule has 1 aromatic carbocycles. The number of nitrogens with one attached hydrogen (secondary N) is 2. The summed E-state index contributed by atoms with van der Waals surface area (Å²) in [5, 5.41) is 5.29. The number of carbonyl (C=O) groups excluding carboxylic acids is 1. The number of amides is 1. The summed E-state index contributed by atoms with van der Waals surface area (Å²) in [4.78, 5) is 24.6. The Hall–Kier alpha value is -3.13. The van der Waals surface area contributed by atoms with Crippen molar-refractivity contribution in [2.75, 3.05) is 18.5 Å². The van der Waals surface area contributed by atoms with Crippen molar-refractivity contribution in [2.24, 2.45) is 0 Å². The Bertz CT molecular complexity index is 956. The molecular formula is C19H18ClF2N5O. The Morgan fingerprint density at radius 3 is 2.68 bits per heavy atom. The fourth-order valence-electron chi connectivity index (χ4n) is 2.44. The zero-order valence-electron chi connectivity index (χ0n) is 14.9. The van der Waals surface area contributed by atoms with Crippen LogP contribution in [0.15, 0.2) is 48.8 Å². The first-order chi connectivity index (χ1) is 13.1. The lowest BCUT2D eigenvalue weighted by atomic mass is 10.1. The topological polar surface area (TPSA) is 79.8 Å². The van der Waals surface area contributed by atoms with Crippen LogP contribution in [0.5, 0.6) is 0 Å². The molecule has 2 N–H and O–H groups in total. The summed E-state index contributed by atoms with van der Waals surface area (Å²) in [5.41, 5.74) is 1.76. The Morgan fingerprint density at radius 1 is 1.18 bits per heavy atom. The highest BCUT2D eigenvalue weighted by molar-refractivity contribution is 5.94. The third kappa shape index (κ3) is 5.20. The van der Waals surface area contributed by atoms with E-state index >= 15 is 0 Å². The summed E-state index contributed by atoms with van der Waals surface area (Å²) in [6, 6.07) is 9.42. The van der Waals surface area contributed by atoms with Gasteiger partial charge in [-0.25, -0.2) is 18.7 Å². The lowest BCUT2D eigenvalue weighted by Crippen LogP contribution is -2.26. The summed E-state index contributed by atoms with van der Waals surface area (Å²) in [6.45, 7) is 0.959. The second kappa shape index (κ2) is 9.70. The summed E-state index contributed by atoms with van der Waals surface area (Å²) in [6.07, 6.45) is 3.32. The highest BCUT2D eigenvalue weighted by Crippen LogP contribution is 2.21. The molecule has 3 rings (SSSR count). The van der Waals surface area contributed by atoms with E-state index in [4.69, 9.17) is 0 Å². The van der Waals surface area contributed by atoms with Crippen molar-refractivity contribution in [1.29, 1.82) is 0 Å². The zero-order chi connectivity index (χ0) is 19.2. The van der Waals surface area contributed by atoms with Gasteiger partial charge in [0.2, 0.25) is 0 Å². The quantitative estimate of drug-likeness (QED) is 0.651. The summed E-state index contributed by atoms with van der Waals surface area (Å²) in [7, 11) is 0. The average Bonchev–Trinajstić information content (AvgIpc) is 2.66. The molecule has 0 saturated carbocycles. The van der Waals surface area contributed by atoms with E-state index in [-0.39, 0.29) is 24.5 Å². The molecular weight excluding hydrogens is 388 g/mol. The molecule has 2 aromatic heterocycles. The first kappa shape index (κ1) is 21.2. The van der Waals surface area contributed by atoms with Crippen LogP contribution >= 0.6 is 12.4 Å².